The van der Waals surface area contributed by atoms with E-state index in [0.29, 0.717) is 12.8 Å². The lowest BCUT2D eigenvalue weighted by Crippen LogP contribution is -2.11. The summed E-state index contributed by atoms with van der Waals surface area (Å²) in [4.78, 5) is 23.2. The number of allylic oxidation sites excluding steroid dienone is 8. The number of ether oxygens (including phenoxy) is 2. The van der Waals surface area contributed by atoms with Crippen molar-refractivity contribution in [3.63, 3.8) is 0 Å². The number of carbonyl (C=O) groups is 2. The van der Waals surface area contributed by atoms with Crippen LogP contribution in [0.1, 0.15) is 185 Å². The maximum absolute atomic E-state index is 10.5. The molecule has 0 unspecified atom stereocenters. The summed E-state index contributed by atoms with van der Waals surface area (Å²) in [6.45, 7) is 2.35. The SMILES string of the molecule is CN(C)Cc1cc(OCCCCCCC/C=C\C/C=C\CCCCCCCC(=O)O)cc(OCCCCCCC/C=C\C/C=C\CCCCCCCC(=O)O)c1. The summed E-state index contributed by atoms with van der Waals surface area (Å²) in [5.41, 5.74) is 1.22. The van der Waals surface area contributed by atoms with E-state index in [0.717, 1.165) is 121 Å². The van der Waals surface area contributed by atoms with Crippen molar-refractivity contribution in [2.75, 3.05) is 27.3 Å². The fraction of sp³-hybridized carbons (Fsp3) is 0.673. The molecule has 0 aromatic heterocycles. The standard InChI is InChI=1S/C49H81NO6/c1-50(2)44-45-41-46(55-39-35-31-27-23-19-15-11-7-3-5-9-13-17-21-25-29-33-37-48(51)52)43-47(42-45)56-40-36-32-28-24-20-16-12-8-4-6-10-14-18-22-26-30-34-38-49(53)54/h5-12,41-43H,3-4,13-40,44H2,1-2H3,(H,51,52)(H,53,54)/b9-5-,10-6-,11-7-,12-8-. The van der Waals surface area contributed by atoms with Gasteiger partial charge in [0.05, 0.1) is 13.2 Å². The summed E-state index contributed by atoms with van der Waals surface area (Å²) < 4.78 is 12.4. The minimum Gasteiger partial charge on any atom is -0.493 e. The Balaban J connectivity index is 2.07. The number of unbranched alkanes of at least 4 members (excludes halogenated alkanes) is 20. The molecule has 0 aliphatic heterocycles. The van der Waals surface area contributed by atoms with Gasteiger partial charge in [-0.2, -0.15) is 0 Å². The predicted octanol–water partition coefficient (Wildman–Crippen LogP) is 13.8. The van der Waals surface area contributed by atoms with Crippen molar-refractivity contribution in [1.29, 1.82) is 0 Å². The van der Waals surface area contributed by atoms with Crippen LogP contribution in [0.25, 0.3) is 0 Å². The van der Waals surface area contributed by atoms with Crippen molar-refractivity contribution in [3.8, 4) is 11.5 Å². The van der Waals surface area contributed by atoms with Crippen LogP contribution < -0.4 is 9.47 Å². The molecular weight excluding hydrogens is 699 g/mol. The lowest BCUT2D eigenvalue weighted by Gasteiger charge is -2.15. The molecule has 0 saturated heterocycles. The van der Waals surface area contributed by atoms with Gasteiger partial charge in [0.15, 0.2) is 0 Å². The van der Waals surface area contributed by atoms with Gasteiger partial charge in [0.25, 0.3) is 0 Å². The van der Waals surface area contributed by atoms with Crippen LogP contribution in [0.3, 0.4) is 0 Å². The Hall–Kier alpha value is -3.32. The van der Waals surface area contributed by atoms with Gasteiger partial charge in [0, 0.05) is 25.5 Å². The van der Waals surface area contributed by atoms with Crippen LogP contribution in [0.5, 0.6) is 11.5 Å². The lowest BCUT2D eigenvalue weighted by molar-refractivity contribution is -0.138. The van der Waals surface area contributed by atoms with E-state index in [1.165, 1.54) is 82.6 Å². The highest BCUT2D eigenvalue weighted by atomic mass is 16.5. The van der Waals surface area contributed by atoms with Gasteiger partial charge in [-0.05, 0) is 122 Å². The molecule has 7 heteroatoms. The number of benzene rings is 1. The zero-order valence-corrected chi connectivity index (χ0v) is 35.7. The molecule has 0 bridgehead atoms. The molecule has 318 valence electrons. The highest BCUT2D eigenvalue weighted by Crippen LogP contribution is 2.25. The molecule has 0 fully saturated rings. The van der Waals surface area contributed by atoms with E-state index in [1.807, 2.05) is 0 Å². The van der Waals surface area contributed by atoms with Crippen LogP contribution in [-0.2, 0) is 16.1 Å². The predicted molar refractivity (Wildman–Crippen MR) is 236 cm³/mol. The lowest BCUT2D eigenvalue weighted by atomic mass is 10.1. The Morgan fingerprint density at radius 2 is 0.786 bits per heavy atom. The average Bonchev–Trinajstić information content (AvgIpc) is 3.15. The third-order valence-electron chi connectivity index (χ3n) is 9.74. The number of carboxylic acid groups (broad SMARTS) is 2. The molecular formula is C49H81NO6. The summed E-state index contributed by atoms with van der Waals surface area (Å²) in [6, 6.07) is 6.37. The van der Waals surface area contributed by atoms with Gasteiger partial charge < -0.3 is 24.6 Å². The maximum atomic E-state index is 10.5. The van der Waals surface area contributed by atoms with Crippen LogP contribution in [-0.4, -0.2) is 54.4 Å². The Labute approximate surface area is 342 Å². The summed E-state index contributed by atoms with van der Waals surface area (Å²) in [5, 5.41) is 17.3. The van der Waals surface area contributed by atoms with Gasteiger partial charge in [0.1, 0.15) is 11.5 Å². The first-order valence-corrected chi connectivity index (χ1v) is 22.4. The fourth-order valence-electron chi connectivity index (χ4n) is 6.57. The van der Waals surface area contributed by atoms with Gasteiger partial charge in [-0.3, -0.25) is 9.59 Å². The minimum absolute atomic E-state index is 0.304. The van der Waals surface area contributed by atoms with E-state index in [1.54, 1.807) is 0 Å². The first-order chi connectivity index (χ1) is 27.4. The van der Waals surface area contributed by atoms with Crippen molar-refractivity contribution < 1.29 is 29.3 Å². The Morgan fingerprint density at radius 3 is 1.12 bits per heavy atom. The third kappa shape index (κ3) is 36.3. The monoisotopic (exact) mass is 780 g/mol. The molecule has 0 spiro atoms. The van der Waals surface area contributed by atoms with Gasteiger partial charge in [-0.1, -0.05) is 126 Å². The number of hydrogen-bond donors (Lipinski definition) is 2. The number of hydrogen-bond acceptors (Lipinski definition) is 5. The maximum Gasteiger partial charge on any atom is 0.303 e. The second kappa shape index (κ2) is 38.5. The molecule has 0 aliphatic carbocycles. The van der Waals surface area contributed by atoms with Gasteiger partial charge in [-0.25, -0.2) is 0 Å². The first-order valence-electron chi connectivity index (χ1n) is 22.4. The topological polar surface area (TPSA) is 96.3 Å². The molecule has 0 saturated carbocycles. The Kier molecular flexibility index (Phi) is 34.9. The van der Waals surface area contributed by atoms with Crippen LogP contribution in [0.2, 0.25) is 0 Å². The van der Waals surface area contributed by atoms with E-state index in [2.05, 4.69) is 85.8 Å². The summed E-state index contributed by atoms with van der Waals surface area (Å²) in [6.07, 6.45) is 48.3. The largest absolute Gasteiger partial charge is 0.493 e. The second-order valence-corrected chi connectivity index (χ2v) is 15.6. The average molecular weight is 780 g/mol. The molecule has 7 nitrogen and oxygen atoms in total. The highest BCUT2D eigenvalue weighted by molar-refractivity contribution is 5.66. The van der Waals surface area contributed by atoms with Crippen LogP contribution >= 0.6 is 0 Å². The summed E-state index contributed by atoms with van der Waals surface area (Å²) in [7, 11) is 4.19. The van der Waals surface area contributed by atoms with Gasteiger partial charge in [-0.15, -0.1) is 0 Å². The van der Waals surface area contributed by atoms with Crippen LogP contribution in [0, 0.1) is 0 Å². The zero-order valence-electron chi connectivity index (χ0n) is 35.7. The smallest absolute Gasteiger partial charge is 0.303 e. The van der Waals surface area contributed by atoms with Crippen molar-refractivity contribution in [2.24, 2.45) is 0 Å². The zero-order chi connectivity index (χ0) is 40.6. The fourth-order valence-corrected chi connectivity index (χ4v) is 6.57. The first kappa shape index (κ1) is 50.7. The van der Waals surface area contributed by atoms with Crippen LogP contribution in [0.4, 0.5) is 0 Å². The molecule has 0 aliphatic rings. The molecule has 0 radical (unpaired) electrons. The molecule has 1 aromatic carbocycles. The normalized spacial score (nSPS) is 12.0. The molecule has 0 atom stereocenters. The quantitative estimate of drug-likeness (QED) is 0.0506. The van der Waals surface area contributed by atoms with E-state index >= 15 is 0 Å². The van der Waals surface area contributed by atoms with Crippen LogP contribution in [0.15, 0.2) is 66.8 Å². The number of aliphatic carboxylic acids is 2. The Morgan fingerprint density at radius 1 is 0.464 bits per heavy atom. The molecule has 1 rings (SSSR count). The molecule has 0 amide bonds. The van der Waals surface area contributed by atoms with Crippen molar-refractivity contribution >= 4 is 11.9 Å². The van der Waals surface area contributed by atoms with E-state index in [4.69, 9.17) is 19.7 Å². The van der Waals surface area contributed by atoms with Crippen molar-refractivity contribution in [1.82, 2.24) is 4.90 Å². The van der Waals surface area contributed by atoms with Gasteiger partial charge in [0.2, 0.25) is 0 Å². The van der Waals surface area contributed by atoms with E-state index < -0.39 is 11.9 Å². The summed E-state index contributed by atoms with van der Waals surface area (Å²) in [5.74, 6) is 0.464. The number of nitrogens with zero attached hydrogens (tertiary/aromatic N) is 1. The minimum atomic E-state index is -0.682. The molecule has 1 aromatic rings. The van der Waals surface area contributed by atoms with Gasteiger partial charge >= 0.3 is 11.9 Å². The molecule has 56 heavy (non-hydrogen) atoms. The molecule has 0 heterocycles. The molecule has 2 N–H and O–H groups in total. The number of rotatable bonds is 40. The third-order valence-corrected chi connectivity index (χ3v) is 9.74. The Bertz CT molecular complexity index is 1120. The van der Waals surface area contributed by atoms with E-state index in [-0.39, 0.29) is 0 Å². The highest BCUT2D eigenvalue weighted by Gasteiger charge is 2.06. The van der Waals surface area contributed by atoms with E-state index in [9.17, 15) is 9.59 Å². The van der Waals surface area contributed by atoms with Crippen molar-refractivity contribution in [2.45, 2.75) is 186 Å². The van der Waals surface area contributed by atoms with Crippen molar-refractivity contribution in [3.05, 3.63) is 72.4 Å². The second-order valence-electron chi connectivity index (χ2n) is 15.6. The summed E-state index contributed by atoms with van der Waals surface area (Å²) >= 11 is 0. The number of carboxylic acids is 2.